The Hall–Kier alpha value is -1.31. The molecule has 2 heteroatoms. The van der Waals surface area contributed by atoms with Gasteiger partial charge in [-0.2, -0.15) is 0 Å². The van der Waals surface area contributed by atoms with Crippen molar-refractivity contribution in [3.8, 4) is 0 Å². The molecule has 2 rings (SSSR count). The highest BCUT2D eigenvalue weighted by molar-refractivity contribution is 6.00. The van der Waals surface area contributed by atoms with E-state index in [1.54, 1.807) is 7.11 Å². The molecule has 1 unspecified atom stereocenters. The third-order valence-corrected chi connectivity index (χ3v) is 4.49. The normalized spacial score (nSPS) is 22.5. The molecule has 0 bridgehead atoms. The number of fused-ring (bicyclic) bond motifs is 1. The van der Waals surface area contributed by atoms with Crippen LogP contribution in [0.2, 0.25) is 0 Å². The van der Waals surface area contributed by atoms with Crippen molar-refractivity contribution in [2.24, 2.45) is 11.1 Å². The Morgan fingerprint density at radius 1 is 1.39 bits per heavy atom. The van der Waals surface area contributed by atoms with Gasteiger partial charge in [0.2, 0.25) is 0 Å². The molecule has 1 aromatic rings. The molecule has 1 atom stereocenters. The van der Waals surface area contributed by atoms with Gasteiger partial charge < -0.3 is 4.84 Å². The Morgan fingerprint density at radius 2 is 2.11 bits per heavy atom. The summed E-state index contributed by atoms with van der Waals surface area (Å²) in [7, 11) is 1.60. The molecule has 0 heterocycles. The molecule has 0 aromatic heterocycles. The summed E-state index contributed by atoms with van der Waals surface area (Å²) in [4.78, 5) is 4.93. The maximum atomic E-state index is 4.93. The summed E-state index contributed by atoms with van der Waals surface area (Å²) < 4.78 is 0. The molecule has 0 radical (unpaired) electrons. The van der Waals surface area contributed by atoms with E-state index in [-0.39, 0.29) is 5.41 Å². The van der Waals surface area contributed by atoms with Crippen LogP contribution >= 0.6 is 0 Å². The van der Waals surface area contributed by atoms with Gasteiger partial charge in [0.25, 0.3) is 0 Å². The molecule has 0 fully saturated rings. The lowest BCUT2D eigenvalue weighted by Gasteiger charge is -2.40. The minimum Gasteiger partial charge on any atom is -0.399 e. The van der Waals surface area contributed by atoms with Gasteiger partial charge in [-0.25, -0.2) is 0 Å². The Balaban J connectivity index is 2.62. The lowest BCUT2D eigenvalue weighted by atomic mass is 9.64. The lowest BCUT2D eigenvalue weighted by Crippen LogP contribution is -2.34. The second kappa shape index (κ2) is 4.75. The van der Waals surface area contributed by atoms with E-state index in [0.717, 1.165) is 5.71 Å². The average molecular weight is 245 g/mol. The van der Waals surface area contributed by atoms with Gasteiger partial charge >= 0.3 is 0 Å². The predicted molar refractivity (Wildman–Crippen MR) is 76.2 cm³/mol. The Morgan fingerprint density at radius 3 is 2.78 bits per heavy atom. The molecule has 0 saturated heterocycles. The second-order valence-corrected chi connectivity index (χ2v) is 5.86. The summed E-state index contributed by atoms with van der Waals surface area (Å²) in [6.07, 6.45) is 2.44. The van der Waals surface area contributed by atoms with Gasteiger partial charge in [0.05, 0.1) is 5.71 Å². The van der Waals surface area contributed by atoms with E-state index in [2.05, 4.69) is 44.1 Å². The van der Waals surface area contributed by atoms with E-state index < -0.39 is 0 Å². The van der Waals surface area contributed by atoms with Crippen LogP contribution in [0.3, 0.4) is 0 Å². The van der Waals surface area contributed by atoms with Crippen molar-refractivity contribution in [2.45, 2.75) is 46.0 Å². The third-order valence-electron chi connectivity index (χ3n) is 4.49. The van der Waals surface area contributed by atoms with Gasteiger partial charge in [0, 0.05) is 5.56 Å². The molecule has 1 aliphatic carbocycles. The molecule has 98 valence electrons. The molecule has 1 aliphatic rings. The van der Waals surface area contributed by atoms with Gasteiger partial charge in [-0.3, -0.25) is 0 Å². The van der Waals surface area contributed by atoms with E-state index in [1.165, 1.54) is 29.5 Å². The van der Waals surface area contributed by atoms with E-state index in [0.29, 0.717) is 5.92 Å². The highest BCUT2D eigenvalue weighted by atomic mass is 16.6. The smallest absolute Gasteiger partial charge is 0.106 e. The molecule has 0 amide bonds. The van der Waals surface area contributed by atoms with Gasteiger partial charge in [0.15, 0.2) is 0 Å². The molecule has 18 heavy (non-hydrogen) atoms. The maximum Gasteiger partial charge on any atom is 0.106 e. The number of oxime groups is 1. The van der Waals surface area contributed by atoms with Crippen molar-refractivity contribution in [3.63, 3.8) is 0 Å². The van der Waals surface area contributed by atoms with E-state index >= 15 is 0 Å². The summed E-state index contributed by atoms with van der Waals surface area (Å²) >= 11 is 0. The van der Waals surface area contributed by atoms with Gasteiger partial charge in [-0.1, -0.05) is 44.1 Å². The molecule has 0 saturated carbocycles. The first kappa shape index (κ1) is 13.1. The predicted octanol–water partition coefficient (Wildman–Crippen LogP) is 3.92. The first-order valence-electron chi connectivity index (χ1n) is 6.69. The van der Waals surface area contributed by atoms with Crippen LogP contribution < -0.4 is 0 Å². The van der Waals surface area contributed by atoms with Crippen molar-refractivity contribution in [2.75, 3.05) is 7.11 Å². The monoisotopic (exact) mass is 245 g/mol. The maximum absolute atomic E-state index is 4.93. The van der Waals surface area contributed by atoms with Crippen molar-refractivity contribution in [3.05, 3.63) is 34.9 Å². The fourth-order valence-corrected chi connectivity index (χ4v) is 3.04. The number of hydrogen-bond donors (Lipinski definition) is 0. The summed E-state index contributed by atoms with van der Waals surface area (Å²) in [5, 5.41) is 4.11. The highest BCUT2D eigenvalue weighted by Crippen LogP contribution is 2.42. The largest absolute Gasteiger partial charge is 0.399 e. The van der Waals surface area contributed by atoms with E-state index in [9.17, 15) is 0 Å². The molecule has 0 aliphatic heterocycles. The number of benzene rings is 1. The minimum atomic E-state index is 0.203. The number of nitrogens with zero attached hydrogens (tertiary/aromatic N) is 1. The van der Waals surface area contributed by atoms with Crippen LogP contribution in [0.1, 0.15) is 50.8 Å². The Labute approximate surface area is 110 Å². The molecule has 0 spiro atoms. The van der Waals surface area contributed by atoms with Crippen molar-refractivity contribution in [1.82, 2.24) is 0 Å². The zero-order chi connectivity index (χ0) is 13.3. The highest BCUT2D eigenvalue weighted by Gasteiger charge is 2.35. The zero-order valence-electron chi connectivity index (χ0n) is 12.1. The molecule has 2 nitrogen and oxygen atoms in total. The zero-order valence-corrected chi connectivity index (χ0v) is 12.1. The average Bonchev–Trinajstić information content (AvgIpc) is 2.34. The van der Waals surface area contributed by atoms with Gasteiger partial charge in [0.1, 0.15) is 7.11 Å². The van der Waals surface area contributed by atoms with Crippen LogP contribution in [0.5, 0.6) is 0 Å². The second-order valence-electron chi connectivity index (χ2n) is 5.86. The quantitative estimate of drug-likeness (QED) is 0.571. The van der Waals surface area contributed by atoms with Crippen LogP contribution in [-0.2, 0) is 16.7 Å². The van der Waals surface area contributed by atoms with Crippen molar-refractivity contribution < 1.29 is 4.84 Å². The SMILES string of the molecule is CO/N=C(/C)c1cccc2c1C(C)(C)C(C)CC2. The molecular weight excluding hydrogens is 222 g/mol. The van der Waals surface area contributed by atoms with Crippen LogP contribution in [0.15, 0.2) is 23.4 Å². The number of hydrogen-bond acceptors (Lipinski definition) is 2. The third kappa shape index (κ3) is 2.05. The number of rotatable bonds is 2. The first-order chi connectivity index (χ1) is 8.48. The minimum absolute atomic E-state index is 0.203. The Kier molecular flexibility index (Phi) is 3.47. The van der Waals surface area contributed by atoms with Crippen molar-refractivity contribution >= 4 is 5.71 Å². The fourth-order valence-electron chi connectivity index (χ4n) is 3.04. The topological polar surface area (TPSA) is 21.6 Å². The van der Waals surface area contributed by atoms with Crippen LogP contribution in [0.25, 0.3) is 0 Å². The summed E-state index contributed by atoms with van der Waals surface area (Å²) in [5.74, 6) is 0.696. The van der Waals surface area contributed by atoms with Crippen LogP contribution in [0, 0.1) is 5.92 Å². The van der Waals surface area contributed by atoms with E-state index in [4.69, 9.17) is 4.84 Å². The molecular formula is C16H23NO. The summed E-state index contributed by atoms with van der Waals surface area (Å²) in [6, 6.07) is 6.55. The summed E-state index contributed by atoms with van der Waals surface area (Å²) in [5.41, 5.74) is 5.35. The Bertz CT molecular complexity index is 474. The fraction of sp³-hybridized carbons (Fsp3) is 0.562. The standard InChI is InChI=1S/C16H23NO/c1-11-9-10-13-7-6-8-14(12(2)17-18-5)15(13)16(11,3)4/h6-8,11H,9-10H2,1-5H3/b17-12-. The molecule has 0 N–H and O–H groups in total. The lowest BCUT2D eigenvalue weighted by molar-refractivity contribution is 0.213. The van der Waals surface area contributed by atoms with Crippen LogP contribution in [0.4, 0.5) is 0 Å². The number of aryl methyl sites for hydroxylation is 1. The van der Waals surface area contributed by atoms with Gasteiger partial charge in [-0.05, 0) is 42.2 Å². The van der Waals surface area contributed by atoms with Crippen LogP contribution in [-0.4, -0.2) is 12.8 Å². The van der Waals surface area contributed by atoms with E-state index in [1.807, 2.05) is 6.92 Å². The molecule has 1 aromatic carbocycles. The summed E-state index contributed by atoms with van der Waals surface area (Å²) in [6.45, 7) is 9.06. The van der Waals surface area contributed by atoms with Crippen molar-refractivity contribution in [1.29, 1.82) is 0 Å². The first-order valence-corrected chi connectivity index (χ1v) is 6.69. The van der Waals surface area contributed by atoms with Gasteiger partial charge in [-0.15, -0.1) is 0 Å².